The summed E-state index contributed by atoms with van der Waals surface area (Å²) in [6.45, 7) is 1.95. The molecule has 0 aliphatic heterocycles. The van der Waals surface area contributed by atoms with E-state index in [2.05, 4.69) is 5.32 Å². The normalized spacial score (nSPS) is 10.9. The Hall–Kier alpha value is -3.65. The summed E-state index contributed by atoms with van der Waals surface area (Å²) in [7, 11) is -2.45. The summed E-state index contributed by atoms with van der Waals surface area (Å²) in [6.07, 6.45) is 0. The van der Waals surface area contributed by atoms with Crippen molar-refractivity contribution in [3.63, 3.8) is 0 Å². The van der Waals surface area contributed by atoms with Crippen LogP contribution in [0.4, 0.5) is 11.4 Å². The lowest BCUT2D eigenvalue weighted by Crippen LogP contribution is -2.29. The maximum absolute atomic E-state index is 13.0. The highest BCUT2D eigenvalue weighted by Gasteiger charge is 2.25. The topological polar surface area (TPSA) is 92.8 Å². The highest BCUT2D eigenvalue weighted by Crippen LogP contribution is 2.26. The van der Waals surface area contributed by atoms with Crippen molar-refractivity contribution < 1.29 is 22.7 Å². The van der Waals surface area contributed by atoms with Crippen LogP contribution in [0.15, 0.2) is 83.8 Å². The maximum Gasteiger partial charge on any atom is 0.338 e. The summed E-state index contributed by atoms with van der Waals surface area (Å²) in [6, 6.07) is 20.7. The van der Waals surface area contributed by atoms with Crippen molar-refractivity contribution in [2.24, 2.45) is 0 Å². The van der Waals surface area contributed by atoms with Crippen LogP contribution in [-0.2, 0) is 14.8 Å². The molecule has 0 unspecified atom stereocenters. The molecular weight excluding hydrogens is 416 g/mol. The van der Waals surface area contributed by atoms with Gasteiger partial charge >= 0.3 is 5.97 Å². The van der Waals surface area contributed by atoms with Crippen molar-refractivity contribution in [1.29, 1.82) is 0 Å². The average molecular weight is 439 g/mol. The van der Waals surface area contributed by atoms with E-state index in [0.29, 0.717) is 11.3 Å². The summed E-state index contributed by atoms with van der Waals surface area (Å²) < 4.78 is 32.0. The van der Waals surface area contributed by atoms with Gasteiger partial charge in [0.2, 0.25) is 0 Å². The Morgan fingerprint density at radius 1 is 0.935 bits per heavy atom. The average Bonchev–Trinajstić information content (AvgIpc) is 2.79. The fourth-order valence-corrected chi connectivity index (χ4v) is 4.19. The number of nitrogens with one attached hydrogen (secondary N) is 1. The molecule has 0 spiro atoms. The van der Waals surface area contributed by atoms with Crippen molar-refractivity contribution in [3.8, 4) is 0 Å². The van der Waals surface area contributed by atoms with Crippen LogP contribution in [0.1, 0.15) is 27.6 Å². The zero-order chi connectivity index (χ0) is 22.4. The van der Waals surface area contributed by atoms with E-state index in [0.717, 1.165) is 4.31 Å². The van der Waals surface area contributed by atoms with Crippen LogP contribution in [0.25, 0.3) is 0 Å². The number of anilines is 2. The van der Waals surface area contributed by atoms with Crippen LogP contribution < -0.4 is 9.62 Å². The Morgan fingerprint density at radius 3 is 2.32 bits per heavy atom. The van der Waals surface area contributed by atoms with Gasteiger partial charge in [-0.3, -0.25) is 9.10 Å². The molecule has 0 saturated carbocycles. The molecule has 0 fully saturated rings. The van der Waals surface area contributed by atoms with Crippen molar-refractivity contribution in [1.82, 2.24) is 0 Å². The Balaban J connectivity index is 1.89. The van der Waals surface area contributed by atoms with Gasteiger partial charge in [-0.1, -0.05) is 36.4 Å². The van der Waals surface area contributed by atoms with Crippen LogP contribution in [0.2, 0.25) is 0 Å². The lowest BCUT2D eigenvalue weighted by molar-refractivity contribution is 0.0526. The number of carbonyl (C=O) groups is 2. The molecule has 0 bridgehead atoms. The van der Waals surface area contributed by atoms with E-state index in [9.17, 15) is 18.0 Å². The molecular formula is C23H22N2O5S. The Kier molecular flexibility index (Phi) is 6.71. The second kappa shape index (κ2) is 9.44. The molecule has 0 aliphatic rings. The first kappa shape index (κ1) is 22.0. The number of hydrogen-bond donors (Lipinski definition) is 1. The summed E-state index contributed by atoms with van der Waals surface area (Å²) in [5.41, 5.74) is 1.09. The van der Waals surface area contributed by atoms with Gasteiger partial charge in [0.15, 0.2) is 0 Å². The molecule has 3 aromatic rings. The van der Waals surface area contributed by atoms with Gasteiger partial charge in [0, 0.05) is 12.7 Å². The predicted octanol–water partition coefficient (Wildman–Crippen LogP) is 3.94. The lowest BCUT2D eigenvalue weighted by Gasteiger charge is -2.22. The smallest absolute Gasteiger partial charge is 0.338 e. The quantitative estimate of drug-likeness (QED) is 0.564. The van der Waals surface area contributed by atoms with Gasteiger partial charge in [0.1, 0.15) is 0 Å². The zero-order valence-corrected chi connectivity index (χ0v) is 17.9. The van der Waals surface area contributed by atoms with Gasteiger partial charge < -0.3 is 10.1 Å². The molecule has 0 saturated heterocycles. The number of benzene rings is 3. The van der Waals surface area contributed by atoms with Crippen LogP contribution in [-0.4, -0.2) is 33.9 Å². The predicted molar refractivity (Wildman–Crippen MR) is 119 cm³/mol. The number of sulfonamides is 1. The summed E-state index contributed by atoms with van der Waals surface area (Å²) in [4.78, 5) is 25.0. The Labute approximate surface area is 181 Å². The molecule has 0 radical (unpaired) electrons. The fourth-order valence-electron chi connectivity index (χ4n) is 2.96. The number of rotatable bonds is 7. The molecule has 31 heavy (non-hydrogen) atoms. The molecule has 7 nitrogen and oxygen atoms in total. The van der Waals surface area contributed by atoms with E-state index in [4.69, 9.17) is 4.74 Å². The van der Waals surface area contributed by atoms with E-state index in [1.165, 1.54) is 31.3 Å². The first-order valence-electron chi connectivity index (χ1n) is 9.56. The van der Waals surface area contributed by atoms with E-state index in [1.54, 1.807) is 61.5 Å². The zero-order valence-electron chi connectivity index (χ0n) is 17.1. The molecule has 8 heteroatoms. The van der Waals surface area contributed by atoms with Gasteiger partial charge in [-0.2, -0.15) is 0 Å². The van der Waals surface area contributed by atoms with Crippen molar-refractivity contribution in [2.45, 2.75) is 11.8 Å². The van der Waals surface area contributed by atoms with E-state index >= 15 is 0 Å². The number of carbonyl (C=O) groups excluding carboxylic acids is 2. The number of esters is 1. The SMILES string of the molecule is CCOC(=O)c1cccc(NC(=O)c2ccccc2N(C)S(=O)(=O)c2ccccc2)c1. The number of ether oxygens (including phenoxy) is 1. The third-order valence-corrected chi connectivity index (χ3v) is 6.31. The highest BCUT2D eigenvalue weighted by molar-refractivity contribution is 7.92. The molecule has 0 atom stereocenters. The second-order valence-corrected chi connectivity index (χ2v) is 8.53. The number of para-hydroxylation sites is 1. The molecule has 1 amide bonds. The van der Waals surface area contributed by atoms with Crippen molar-refractivity contribution in [2.75, 3.05) is 23.3 Å². The summed E-state index contributed by atoms with van der Waals surface area (Å²) >= 11 is 0. The maximum atomic E-state index is 13.0. The van der Waals surface area contributed by atoms with E-state index in [-0.39, 0.29) is 22.8 Å². The molecule has 160 valence electrons. The third kappa shape index (κ3) is 4.92. The molecule has 3 aromatic carbocycles. The van der Waals surface area contributed by atoms with Gasteiger partial charge in [-0.15, -0.1) is 0 Å². The fraction of sp³-hybridized carbons (Fsp3) is 0.130. The largest absolute Gasteiger partial charge is 0.462 e. The minimum absolute atomic E-state index is 0.120. The van der Waals surface area contributed by atoms with Crippen LogP contribution >= 0.6 is 0 Å². The van der Waals surface area contributed by atoms with Crippen LogP contribution in [0.3, 0.4) is 0 Å². The standard InChI is InChI=1S/C23H22N2O5S/c1-3-30-23(27)17-10-9-11-18(16-17)24-22(26)20-14-7-8-15-21(20)25(2)31(28,29)19-12-5-4-6-13-19/h4-16H,3H2,1-2H3,(H,24,26). The van der Waals surface area contributed by atoms with Gasteiger partial charge in [0.25, 0.3) is 15.9 Å². The number of hydrogen-bond acceptors (Lipinski definition) is 5. The Bertz CT molecular complexity index is 1190. The number of amides is 1. The van der Waals surface area contributed by atoms with Gasteiger partial charge in [-0.05, 0) is 49.4 Å². The molecule has 1 N–H and O–H groups in total. The van der Waals surface area contributed by atoms with Gasteiger partial charge in [-0.25, -0.2) is 13.2 Å². The second-order valence-electron chi connectivity index (χ2n) is 6.56. The molecule has 0 aliphatic carbocycles. The minimum Gasteiger partial charge on any atom is -0.462 e. The minimum atomic E-state index is -3.85. The van der Waals surface area contributed by atoms with Crippen LogP contribution in [0, 0.1) is 0 Å². The first-order chi connectivity index (χ1) is 14.8. The van der Waals surface area contributed by atoms with E-state index in [1.807, 2.05) is 0 Å². The van der Waals surface area contributed by atoms with Crippen molar-refractivity contribution in [3.05, 3.63) is 90.0 Å². The number of nitrogens with zero attached hydrogens (tertiary/aromatic N) is 1. The Morgan fingerprint density at radius 2 is 1.61 bits per heavy atom. The third-order valence-electron chi connectivity index (χ3n) is 4.52. The van der Waals surface area contributed by atoms with E-state index < -0.39 is 21.9 Å². The molecule has 0 aromatic heterocycles. The highest BCUT2D eigenvalue weighted by atomic mass is 32.2. The molecule has 3 rings (SSSR count). The van der Waals surface area contributed by atoms with Crippen LogP contribution in [0.5, 0.6) is 0 Å². The summed E-state index contributed by atoms with van der Waals surface area (Å²) in [5.74, 6) is -1.00. The monoisotopic (exact) mass is 438 g/mol. The van der Waals surface area contributed by atoms with Crippen molar-refractivity contribution >= 4 is 33.3 Å². The first-order valence-corrected chi connectivity index (χ1v) is 11.0. The lowest BCUT2D eigenvalue weighted by atomic mass is 10.1. The summed E-state index contributed by atoms with van der Waals surface area (Å²) in [5, 5.41) is 2.71. The molecule has 0 heterocycles. The van der Waals surface area contributed by atoms with Gasteiger partial charge in [0.05, 0.1) is 28.3 Å².